The van der Waals surface area contributed by atoms with Gasteiger partial charge in [-0.3, -0.25) is 9.36 Å². The summed E-state index contributed by atoms with van der Waals surface area (Å²) >= 11 is 6.36. The van der Waals surface area contributed by atoms with Crippen LogP contribution in [0, 0.1) is 5.82 Å². The maximum absolute atomic E-state index is 14.1. The molecule has 2 aromatic carbocycles. The molecule has 0 saturated carbocycles. The normalized spacial score (nSPS) is 12.3. The number of rotatable bonds is 6. The predicted molar refractivity (Wildman–Crippen MR) is 125 cm³/mol. The van der Waals surface area contributed by atoms with Crippen LogP contribution in [0.5, 0.6) is 0 Å². The number of hydrogen-bond donors (Lipinski definition) is 2. The van der Waals surface area contributed by atoms with E-state index in [0.29, 0.717) is 40.4 Å². The number of aromatic amines is 1. The molecule has 2 N–H and O–H groups in total. The molecule has 0 aliphatic heterocycles. The molecule has 10 heteroatoms. The van der Waals surface area contributed by atoms with Crippen molar-refractivity contribution in [3.05, 3.63) is 82.1 Å². The minimum absolute atomic E-state index is 0.278. The smallest absolute Gasteiger partial charge is 0.267 e. The highest BCUT2D eigenvalue weighted by molar-refractivity contribution is 6.35. The first-order chi connectivity index (χ1) is 16.1. The van der Waals surface area contributed by atoms with Gasteiger partial charge in [0.25, 0.3) is 5.56 Å². The van der Waals surface area contributed by atoms with Gasteiger partial charge in [0.05, 0.1) is 34.0 Å². The fourth-order valence-corrected chi connectivity index (χ4v) is 4.15. The molecule has 3 heterocycles. The molecule has 0 spiro atoms. The minimum atomic E-state index is -0.459. The Balaban J connectivity index is 1.76. The van der Waals surface area contributed by atoms with E-state index < -0.39 is 11.9 Å². The molecule has 0 fully saturated rings. The topological polar surface area (TPSA) is 101 Å². The predicted octanol–water partition coefficient (Wildman–Crippen LogP) is 4.80. The maximum atomic E-state index is 14.1. The second-order valence-corrected chi connectivity index (χ2v) is 7.94. The number of nitrogens with zero attached hydrogens (tertiary/aromatic N) is 5. The van der Waals surface area contributed by atoms with Crippen LogP contribution in [0.25, 0.3) is 27.8 Å². The Morgan fingerprint density at radius 3 is 2.85 bits per heavy atom. The maximum Gasteiger partial charge on any atom is 0.267 e. The Kier molecular flexibility index (Phi) is 5.47. The zero-order valence-corrected chi connectivity index (χ0v) is 18.3. The highest BCUT2D eigenvalue weighted by atomic mass is 35.5. The summed E-state index contributed by atoms with van der Waals surface area (Å²) in [6.45, 7) is 2.03. The Morgan fingerprint density at radius 2 is 2.03 bits per heavy atom. The van der Waals surface area contributed by atoms with Crippen LogP contribution in [0.1, 0.15) is 31.6 Å². The number of fused-ring (bicyclic) bond motifs is 2. The van der Waals surface area contributed by atoms with Crippen LogP contribution in [-0.2, 0) is 0 Å². The molecule has 5 aromatic rings. The first kappa shape index (κ1) is 21.0. The Labute approximate surface area is 192 Å². The van der Waals surface area contributed by atoms with E-state index in [0.717, 1.165) is 6.42 Å². The van der Waals surface area contributed by atoms with Crippen LogP contribution in [0.15, 0.2) is 59.9 Å². The fraction of sp³-hybridized carbons (Fsp3) is 0.174. The zero-order valence-electron chi connectivity index (χ0n) is 17.6. The molecule has 0 bridgehead atoms. The molecule has 0 aliphatic rings. The van der Waals surface area contributed by atoms with E-state index in [-0.39, 0.29) is 16.0 Å². The molecule has 166 valence electrons. The van der Waals surface area contributed by atoms with Crippen LogP contribution < -0.4 is 10.9 Å². The third-order valence-corrected chi connectivity index (χ3v) is 5.68. The summed E-state index contributed by atoms with van der Waals surface area (Å²) in [7, 11) is 0. The molecular formula is C23H19ClFN7O. The molecule has 1 atom stereocenters. The molecule has 0 radical (unpaired) electrons. The van der Waals surface area contributed by atoms with Crippen molar-refractivity contribution in [1.29, 1.82) is 0 Å². The van der Waals surface area contributed by atoms with E-state index in [2.05, 4.69) is 25.3 Å². The van der Waals surface area contributed by atoms with E-state index in [1.54, 1.807) is 30.3 Å². The highest BCUT2D eigenvalue weighted by Crippen LogP contribution is 2.28. The first-order valence-corrected chi connectivity index (χ1v) is 10.8. The van der Waals surface area contributed by atoms with E-state index in [9.17, 15) is 9.18 Å². The van der Waals surface area contributed by atoms with Crippen molar-refractivity contribution in [3.8, 4) is 5.69 Å². The number of imidazole rings is 1. The molecule has 0 unspecified atom stereocenters. The van der Waals surface area contributed by atoms with Gasteiger partial charge in [-0.15, -0.1) is 0 Å². The summed E-state index contributed by atoms with van der Waals surface area (Å²) in [4.78, 5) is 34.2. The summed E-state index contributed by atoms with van der Waals surface area (Å²) in [6.07, 6.45) is 4.38. The lowest BCUT2D eigenvalue weighted by Gasteiger charge is -2.23. The standard InChI is InChI=1S/C23H19ClFN7O/c1-2-5-17(30-21-19-20(27-11-26-19)28-12-29-21)22-31-16-9-4-8-15(24)18(16)23(33)32(22)14-7-3-6-13(25)10-14/h3-4,6-12,17H,2,5H2,1H3,(H2,26,27,28,29,30)/t17-/m1/s1. The van der Waals surface area contributed by atoms with Crippen LogP contribution in [-0.4, -0.2) is 29.5 Å². The van der Waals surface area contributed by atoms with Crippen molar-refractivity contribution in [2.45, 2.75) is 25.8 Å². The monoisotopic (exact) mass is 463 g/mol. The van der Waals surface area contributed by atoms with Gasteiger partial charge in [-0.1, -0.05) is 37.1 Å². The molecule has 33 heavy (non-hydrogen) atoms. The molecule has 0 aliphatic carbocycles. The van der Waals surface area contributed by atoms with Gasteiger partial charge in [0.2, 0.25) is 0 Å². The van der Waals surface area contributed by atoms with Crippen LogP contribution >= 0.6 is 11.6 Å². The number of benzene rings is 2. The fourth-order valence-electron chi connectivity index (χ4n) is 3.90. The van der Waals surface area contributed by atoms with Gasteiger partial charge in [0, 0.05) is 0 Å². The lowest BCUT2D eigenvalue weighted by Crippen LogP contribution is -2.28. The first-order valence-electron chi connectivity index (χ1n) is 10.4. The molecule has 0 saturated heterocycles. The zero-order chi connectivity index (χ0) is 22.9. The Hall–Kier alpha value is -3.85. The third-order valence-electron chi connectivity index (χ3n) is 5.36. The number of anilines is 1. The summed E-state index contributed by atoms with van der Waals surface area (Å²) in [5.41, 5.74) is 1.61. The van der Waals surface area contributed by atoms with Crippen molar-refractivity contribution in [2.24, 2.45) is 0 Å². The molecule has 3 aromatic heterocycles. The molecule has 8 nitrogen and oxygen atoms in total. The van der Waals surface area contributed by atoms with Crippen molar-refractivity contribution >= 4 is 39.5 Å². The number of H-pyrrole nitrogens is 1. The third kappa shape index (κ3) is 3.80. The average Bonchev–Trinajstić information content (AvgIpc) is 3.28. The van der Waals surface area contributed by atoms with Crippen molar-refractivity contribution in [2.75, 3.05) is 5.32 Å². The lowest BCUT2D eigenvalue weighted by molar-refractivity contribution is 0.608. The van der Waals surface area contributed by atoms with E-state index in [4.69, 9.17) is 16.6 Å². The summed E-state index contributed by atoms with van der Waals surface area (Å²) in [5, 5.41) is 3.95. The van der Waals surface area contributed by atoms with Gasteiger partial charge in [-0.25, -0.2) is 24.3 Å². The van der Waals surface area contributed by atoms with Crippen LogP contribution in [0.4, 0.5) is 10.2 Å². The molecule has 5 rings (SSSR count). The second kappa shape index (κ2) is 8.59. The highest BCUT2D eigenvalue weighted by Gasteiger charge is 2.23. The van der Waals surface area contributed by atoms with E-state index in [1.807, 2.05) is 6.92 Å². The van der Waals surface area contributed by atoms with Crippen molar-refractivity contribution in [3.63, 3.8) is 0 Å². The number of halogens is 2. The van der Waals surface area contributed by atoms with Gasteiger partial charge in [-0.2, -0.15) is 0 Å². The van der Waals surface area contributed by atoms with Gasteiger partial charge in [0.15, 0.2) is 11.5 Å². The number of hydrogen-bond acceptors (Lipinski definition) is 6. The SMILES string of the molecule is CCC[C@@H](Nc1ncnc2nc[nH]c12)c1nc2cccc(Cl)c2c(=O)n1-c1cccc(F)c1. The second-order valence-electron chi connectivity index (χ2n) is 7.53. The largest absolute Gasteiger partial charge is 0.358 e. The summed E-state index contributed by atoms with van der Waals surface area (Å²) in [5.74, 6) is 0.496. The Bertz CT molecular complexity index is 1530. The molecular weight excluding hydrogens is 445 g/mol. The van der Waals surface area contributed by atoms with E-state index >= 15 is 0 Å². The van der Waals surface area contributed by atoms with Crippen LogP contribution in [0.2, 0.25) is 5.02 Å². The van der Waals surface area contributed by atoms with E-state index in [1.165, 1.54) is 29.4 Å². The van der Waals surface area contributed by atoms with Gasteiger partial charge >= 0.3 is 0 Å². The van der Waals surface area contributed by atoms with Gasteiger partial charge < -0.3 is 10.3 Å². The number of aromatic nitrogens is 6. The molecule has 0 amide bonds. The average molecular weight is 464 g/mol. The van der Waals surface area contributed by atoms with Gasteiger partial charge in [-0.05, 0) is 36.8 Å². The van der Waals surface area contributed by atoms with Gasteiger partial charge in [0.1, 0.15) is 23.5 Å². The van der Waals surface area contributed by atoms with Crippen molar-refractivity contribution < 1.29 is 4.39 Å². The number of nitrogens with one attached hydrogen (secondary N) is 2. The summed E-state index contributed by atoms with van der Waals surface area (Å²) < 4.78 is 15.6. The van der Waals surface area contributed by atoms with Crippen LogP contribution in [0.3, 0.4) is 0 Å². The summed E-state index contributed by atoms with van der Waals surface area (Å²) in [6, 6.07) is 10.5. The quantitative estimate of drug-likeness (QED) is 0.375. The van der Waals surface area contributed by atoms with Crippen molar-refractivity contribution in [1.82, 2.24) is 29.5 Å². The minimum Gasteiger partial charge on any atom is -0.358 e. The Morgan fingerprint density at radius 1 is 1.18 bits per heavy atom. The lowest BCUT2D eigenvalue weighted by atomic mass is 10.1.